The van der Waals surface area contributed by atoms with E-state index in [0.29, 0.717) is 6.17 Å². The maximum atomic E-state index is 6.43. The van der Waals surface area contributed by atoms with Crippen LogP contribution in [0.4, 0.5) is 0 Å². The minimum absolute atomic E-state index is 0.536. The molecule has 0 aromatic carbocycles. The van der Waals surface area contributed by atoms with Crippen molar-refractivity contribution in [1.29, 1.82) is 0 Å². The van der Waals surface area contributed by atoms with Crippen LogP contribution < -0.4 is 0 Å². The van der Waals surface area contributed by atoms with Crippen LogP contribution in [-0.2, 0) is 0 Å². The van der Waals surface area contributed by atoms with Crippen LogP contribution in [0.3, 0.4) is 0 Å². The second kappa shape index (κ2) is 2.34. The van der Waals surface area contributed by atoms with Crippen LogP contribution in [0.1, 0.15) is 0 Å². The van der Waals surface area contributed by atoms with Crippen LogP contribution in [0.2, 0.25) is 13.1 Å². The summed E-state index contributed by atoms with van der Waals surface area (Å²) in [6.45, 7) is 10.4. The van der Waals surface area contributed by atoms with Gasteiger partial charge in [-0.1, -0.05) is 0 Å². The zero-order valence-electron chi connectivity index (χ0n) is 4.53. The fraction of sp³-hybridized carbons (Fsp3) is 0.750. The maximum absolute atomic E-state index is 6.43. The second-order valence-corrected chi connectivity index (χ2v) is 8.86. The molecule has 0 amide bonds. The van der Waals surface area contributed by atoms with Crippen molar-refractivity contribution in [2.24, 2.45) is 0 Å². The fourth-order valence-corrected chi connectivity index (χ4v) is 0.743. The summed E-state index contributed by atoms with van der Waals surface area (Å²) in [6.07, 6.45) is 0.536. The Morgan fingerprint density at radius 2 is 2.14 bits per heavy atom. The van der Waals surface area contributed by atoms with Crippen LogP contribution in [-0.4, -0.2) is 13.6 Å². The first-order valence-corrected chi connectivity index (χ1v) is 6.30. The van der Waals surface area contributed by atoms with Crippen molar-refractivity contribution in [3.8, 4) is 0 Å². The largest absolute Gasteiger partial charge is 0.321 e. The van der Waals surface area contributed by atoms with Gasteiger partial charge in [-0.15, -0.1) is 0 Å². The summed E-state index contributed by atoms with van der Waals surface area (Å²) in [4.78, 5) is 3.19. The third-order valence-electron chi connectivity index (χ3n) is 0.455. The van der Waals surface area contributed by atoms with E-state index in [1.807, 2.05) is 13.1 Å². The highest BCUT2D eigenvalue weighted by atomic mass is 35.6. The molecular weight excluding hydrogens is 126 g/mol. The Bertz CT molecular complexity index is 88.8. The Hall–Kier alpha value is -0.00312. The molecule has 40 valence electrons. The van der Waals surface area contributed by atoms with Crippen molar-refractivity contribution >= 4 is 18.5 Å². The van der Waals surface area contributed by atoms with Gasteiger partial charge >= 0.3 is 0 Å². The van der Waals surface area contributed by atoms with Gasteiger partial charge in [0, 0.05) is 0 Å². The molecule has 0 bridgehead atoms. The zero-order valence-corrected chi connectivity index (χ0v) is 6.29. The number of nitrogens with zero attached hydrogens (tertiary/aromatic N) is 1. The number of halogens is 1. The van der Waals surface area contributed by atoms with Gasteiger partial charge in [-0.2, -0.15) is 11.1 Å². The highest BCUT2D eigenvalue weighted by molar-refractivity contribution is 7.19. The van der Waals surface area contributed by atoms with Crippen molar-refractivity contribution in [1.82, 2.24) is 0 Å². The van der Waals surface area contributed by atoms with E-state index in [2.05, 4.69) is 4.85 Å². The van der Waals surface area contributed by atoms with Gasteiger partial charge in [-0.3, -0.25) is 0 Å². The van der Waals surface area contributed by atoms with Crippen LogP contribution >= 0.6 is 11.1 Å². The minimum atomic E-state index is -1.54. The molecule has 0 aliphatic rings. The quantitative estimate of drug-likeness (QED) is 0.292. The van der Waals surface area contributed by atoms with Crippen molar-refractivity contribution in [3.63, 3.8) is 0 Å². The van der Waals surface area contributed by atoms with Crippen LogP contribution in [0, 0.1) is 6.57 Å². The molecule has 0 aliphatic heterocycles. The first-order valence-electron chi connectivity index (χ1n) is 2.08. The van der Waals surface area contributed by atoms with Crippen LogP contribution in [0.5, 0.6) is 0 Å². The Morgan fingerprint density at radius 1 is 1.71 bits per heavy atom. The summed E-state index contributed by atoms with van der Waals surface area (Å²) in [5, 5.41) is 0. The lowest BCUT2D eigenvalue weighted by atomic mass is 11.4. The van der Waals surface area contributed by atoms with Crippen molar-refractivity contribution in [2.75, 3.05) is 6.17 Å². The molecule has 1 nitrogen and oxygen atoms in total. The summed E-state index contributed by atoms with van der Waals surface area (Å²) < 4.78 is 0. The molecule has 0 saturated carbocycles. The average molecular weight is 134 g/mol. The summed E-state index contributed by atoms with van der Waals surface area (Å²) in [5.74, 6) is 0. The summed E-state index contributed by atoms with van der Waals surface area (Å²) >= 11 is 5.76. The van der Waals surface area contributed by atoms with Gasteiger partial charge in [0.15, 0.2) is 0 Å². The molecule has 0 saturated heterocycles. The van der Waals surface area contributed by atoms with Gasteiger partial charge in [0.25, 0.3) is 0 Å². The topological polar surface area (TPSA) is 4.36 Å². The Kier molecular flexibility index (Phi) is 2.34. The minimum Gasteiger partial charge on any atom is -0.321 e. The van der Waals surface area contributed by atoms with Crippen molar-refractivity contribution in [3.05, 3.63) is 11.4 Å². The SMILES string of the molecule is [C-]#[N+]C[Si](C)(C)Cl. The zero-order chi connectivity index (χ0) is 5.91. The van der Waals surface area contributed by atoms with Gasteiger partial charge < -0.3 is 4.85 Å². The number of hydrogen-bond donors (Lipinski definition) is 0. The Morgan fingerprint density at radius 3 is 2.14 bits per heavy atom. The molecule has 0 aliphatic carbocycles. The van der Waals surface area contributed by atoms with Gasteiger partial charge in [0.05, 0.1) is 0 Å². The highest BCUT2D eigenvalue weighted by Gasteiger charge is 2.20. The van der Waals surface area contributed by atoms with Crippen molar-refractivity contribution in [2.45, 2.75) is 13.1 Å². The third kappa shape index (κ3) is 6.00. The van der Waals surface area contributed by atoms with Crippen molar-refractivity contribution < 1.29 is 0 Å². The fourth-order valence-electron chi connectivity index (χ4n) is 0.188. The summed E-state index contributed by atoms with van der Waals surface area (Å²) in [5.41, 5.74) is 0. The summed E-state index contributed by atoms with van der Waals surface area (Å²) in [6, 6.07) is 0. The van der Waals surface area contributed by atoms with E-state index in [0.717, 1.165) is 0 Å². The van der Waals surface area contributed by atoms with Crippen LogP contribution in [0.15, 0.2) is 0 Å². The van der Waals surface area contributed by atoms with Gasteiger partial charge in [-0.25, -0.2) is 6.57 Å². The number of rotatable bonds is 1. The molecule has 0 heterocycles. The monoisotopic (exact) mass is 133 g/mol. The van der Waals surface area contributed by atoms with Gasteiger partial charge in [-0.05, 0) is 13.1 Å². The lowest BCUT2D eigenvalue weighted by molar-refractivity contribution is 1.62. The molecule has 7 heavy (non-hydrogen) atoms. The van der Waals surface area contributed by atoms with E-state index in [-0.39, 0.29) is 0 Å². The third-order valence-corrected chi connectivity index (χ3v) is 1.72. The second-order valence-electron chi connectivity index (χ2n) is 2.03. The predicted molar refractivity (Wildman–Crippen MR) is 34.8 cm³/mol. The highest BCUT2D eigenvalue weighted by Crippen LogP contribution is 2.06. The Labute approximate surface area is 49.8 Å². The van der Waals surface area contributed by atoms with E-state index in [9.17, 15) is 0 Å². The Balaban J connectivity index is 3.40. The van der Waals surface area contributed by atoms with E-state index in [1.54, 1.807) is 0 Å². The van der Waals surface area contributed by atoms with E-state index >= 15 is 0 Å². The first-order chi connectivity index (χ1) is 3.06. The maximum Gasteiger partial charge on any atom is 0.242 e. The van der Waals surface area contributed by atoms with Gasteiger partial charge in [0.1, 0.15) is 0 Å². The predicted octanol–water partition coefficient (Wildman–Crippen LogP) is 1.89. The van der Waals surface area contributed by atoms with E-state index in [1.165, 1.54) is 0 Å². The molecule has 0 atom stereocenters. The molecule has 0 fully saturated rings. The lowest BCUT2D eigenvalue weighted by Crippen LogP contribution is -2.19. The molecule has 0 unspecified atom stereocenters. The molecule has 0 radical (unpaired) electrons. The standard InChI is InChI=1S/C4H8ClNSi/c1-6-4-7(2,3)5/h4H2,2-3H3. The smallest absolute Gasteiger partial charge is 0.242 e. The van der Waals surface area contributed by atoms with E-state index in [4.69, 9.17) is 17.7 Å². The first kappa shape index (κ1) is 7.00. The lowest BCUT2D eigenvalue weighted by Gasteiger charge is -1.99. The molecule has 0 N–H and O–H groups in total. The molecule has 3 heteroatoms. The van der Waals surface area contributed by atoms with Crippen LogP contribution in [0.25, 0.3) is 4.85 Å². The average Bonchev–Trinajstić information content (AvgIpc) is 1.30. The summed E-state index contributed by atoms with van der Waals surface area (Å²) in [7, 11) is -1.54. The molecular formula is C4H8ClNSi. The van der Waals surface area contributed by atoms with E-state index < -0.39 is 7.38 Å². The molecule has 0 spiro atoms. The normalized spacial score (nSPS) is 10.6. The molecule has 0 aromatic heterocycles. The van der Waals surface area contributed by atoms with Gasteiger partial charge in [0.2, 0.25) is 13.6 Å². The number of hydrogen-bond acceptors (Lipinski definition) is 0. The molecule has 0 rings (SSSR count). The molecule has 0 aromatic rings.